The number of allylic oxidation sites excluding steroid dienone is 5. The lowest BCUT2D eigenvalue weighted by molar-refractivity contribution is -0.668. The third-order valence-electron chi connectivity index (χ3n) is 6.14. The number of nitrogens with zero attached hydrogens (tertiary/aromatic N) is 3. The SMILES string of the molecule is CN(C)CC[n+]1c(/C=C/C=C/C=C2/N(C)c3ccccc3C2(C)C)sc2cc(O)ccc21. The third kappa shape index (κ3) is 4.23. The van der Waals surface area contributed by atoms with Gasteiger partial charge in [-0.1, -0.05) is 61.6 Å². The first kappa shape index (κ1) is 22.3. The average Bonchev–Trinajstić information content (AvgIpc) is 3.18. The molecule has 0 amide bonds. The lowest BCUT2D eigenvalue weighted by Gasteiger charge is -2.23. The Balaban J connectivity index is 1.57. The van der Waals surface area contributed by atoms with Crippen LogP contribution in [0.4, 0.5) is 5.69 Å². The summed E-state index contributed by atoms with van der Waals surface area (Å²) in [7, 11) is 6.32. The van der Waals surface area contributed by atoms with Gasteiger partial charge in [0.1, 0.15) is 10.4 Å². The van der Waals surface area contributed by atoms with E-state index in [1.807, 2.05) is 12.1 Å². The Morgan fingerprint density at radius 3 is 2.62 bits per heavy atom. The second-order valence-corrected chi connectivity index (χ2v) is 10.1. The van der Waals surface area contributed by atoms with Crippen LogP contribution in [-0.2, 0) is 12.0 Å². The van der Waals surface area contributed by atoms with Crippen molar-refractivity contribution in [1.82, 2.24) is 4.90 Å². The highest BCUT2D eigenvalue weighted by Gasteiger charge is 2.37. The molecule has 32 heavy (non-hydrogen) atoms. The van der Waals surface area contributed by atoms with E-state index in [-0.39, 0.29) is 5.41 Å². The number of benzene rings is 2. The van der Waals surface area contributed by atoms with Crippen LogP contribution in [-0.4, -0.2) is 37.7 Å². The van der Waals surface area contributed by atoms with Crippen LogP contribution in [0, 0.1) is 0 Å². The Kier molecular flexibility index (Phi) is 6.22. The molecule has 0 atom stereocenters. The molecule has 2 aromatic carbocycles. The van der Waals surface area contributed by atoms with Gasteiger partial charge >= 0.3 is 0 Å². The molecule has 0 saturated heterocycles. The number of hydrogen-bond donors (Lipinski definition) is 1. The Morgan fingerprint density at radius 1 is 1.09 bits per heavy atom. The molecule has 1 aliphatic rings. The summed E-state index contributed by atoms with van der Waals surface area (Å²) >= 11 is 1.70. The first-order chi connectivity index (χ1) is 15.3. The van der Waals surface area contributed by atoms with Crippen molar-refractivity contribution < 1.29 is 9.67 Å². The molecule has 0 unspecified atom stereocenters. The van der Waals surface area contributed by atoms with Crippen LogP contribution in [0.3, 0.4) is 0 Å². The van der Waals surface area contributed by atoms with Gasteiger partial charge in [-0.3, -0.25) is 0 Å². The largest absolute Gasteiger partial charge is 0.508 e. The fourth-order valence-corrected chi connectivity index (χ4v) is 5.53. The fourth-order valence-electron chi connectivity index (χ4n) is 4.40. The molecule has 1 aromatic heterocycles. The van der Waals surface area contributed by atoms with Gasteiger partial charge < -0.3 is 14.9 Å². The molecule has 3 aromatic rings. The number of thiazole rings is 1. The van der Waals surface area contributed by atoms with Crippen molar-refractivity contribution in [2.75, 3.05) is 32.6 Å². The summed E-state index contributed by atoms with van der Waals surface area (Å²) in [6.07, 6.45) is 10.7. The van der Waals surface area contributed by atoms with E-state index in [0.717, 1.165) is 23.3 Å². The molecule has 0 fully saturated rings. The minimum Gasteiger partial charge on any atom is -0.508 e. The smallest absolute Gasteiger partial charge is 0.262 e. The molecule has 5 heteroatoms. The van der Waals surface area contributed by atoms with Crippen molar-refractivity contribution in [3.8, 4) is 5.75 Å². The molecule has 0 radical (unpaired) electrons. The second-order valence-electron chi connectivity index (χ2n) is 9.04. The van der Waals surface area contributed by atoms with E-state index in [0.29, 0.717) is 5.75 Å². The highest BCUT2D eigenvalue weighted by Crippen LogP contribution is 2.46. The van der Waals surface area contributed by atoms with Crippen LogP contribution in [0.15, 0.2) is 72.5 Å². The predicted molar refractivity (Wildman–Crippen MR) is 136 cm³/mol. The molecular weight excluding hydrogens is 414 g/mol. The normalized spacial score (nSPS) is 16.9. The van der Waals surface area contributed by atoms with Crippen molar-refractivity contribution in [3.63, 3.8) is 0 Å². The van der Waals surface area contributed by atoms with Crippen molar-refractivity contribution >= 4 is 33.3 Å². The van der Waals surface area contributed by atoms with E-state index in [1.165, 1.54) is 22.0 Å². The van der Waals surface area contributed by atoms with E-state index < -0.39 is 0 Å². The summed E-state index contributed by atoms with van der Waals surface area (Å²) in [6, 6.07) is 14.2. The predicted octanol–water partition coefficient (Wildman–Crippen LogP) is 5.34. The first-order valence-electron chi connectivity index (χ1n) is 11.0. The summed E-state index contributed by atoms with van der Waals surface area (Å²) in [5, 5.41) is 11.1. The maximum absolute atomic E-state index is 9.88. The van der Waals surface area contributed by atoms with Gasteiger partial charge in [0.25, 0.3) is 5.01 Å². The quantitative estimate of drug-likeness (QED) is 0.410. The van der Waals surface area contributed by atoms with Crippen LogP contribution < -0.4 is 9.47 Å². The minimum absolute atomic E-state index is 0.0118. The lowest BCUT2D eigenvalue weighted by Crippen LogP contribution is -2.39. The number of aromatic nitrogens is 1. The van der Waals surface area contributed by atoms with Crippen molar-refractivity contribution in [2.24, 2.45) is 0 Å². The van der Waals surface area contributed by atoms with Gasteiger partial charge in [-0.2, -0.15) is 4.57 Å². The zero-order valence-corrected chi connectivity index (χ0v) is 20.4. The van der Waals surface area contributed by atoms with E-state index in [2.05, 4.69) is 104 Å². The fraction of sp³-hybridized carbons (Fsp3) is 0.296. The first-order valence-corrected chi connectivity index (χ1v) is 11.8. The Hall–Kier alpha value is -2.89. The van der Waals surface area contributed by atoms with E-state index >= 15 is 0 Å². The Bertz CT molecular complexity index is 1220. The van der Waals surface area contributed by atoms with Gasteiger partial charge in [0.05, 0.1) is 6.54 Å². The van der Waals surface area contributed by atoms with Gasteiger partial charge in [0, 0.05) is 42.1 Å². The van der Waals surface area contributed by atoms with E-state index in [9.17, 15) is 5.11 Å². The third-order valence-corrected chi connectivity index (χ3v) is 7.25. The molecule has 0 bridgehead atoms. The van der Waals surface area contributed by atoms with Crippen molar-refractivity contribution in [3.05, 3.63) is 83.0 Å². The van der Waals surface area contributed by atoms with Gasteiger partial charge in [0.15, 0.2) is 6.54 Å². The molecule has 4 nitrogen and oxygen atoms in total. The van der Waals surface area contributed by atoms with Crippen LogP contribution in [0.1, 0.15) is 24.4 Å². The number of rotatable bonds is 6. The molecular formula is C27H32N3OS+. The summed E-state index contributed by atoms with van der Waals surface area (Å²) in [5.41, 5.74) is 5.09. The van der Waals surface area contributed by atoms with Gasteiger partial charge in [-0.05, 0) is 37.9 Å². The van der Waals surface area contributed by atoms with Crippen LogP contribution in [0.2, 0.25) is 0 Å². The standard InChI is InChI=1S/C27H31N3OS/c1-27(2)21-11-9-10-12-22(21)29(5)25(27)13-7-6-8-14-26-30(18-17-28(3)4)23-16-15-20(31)19-24(23)32-26/h6-16,19H,17-18H2,1-5H3/p+1. The lowest BCUT2D eigenvalue weighted by atomic mass is 9.84. The summed E-state index contributed by atoms with van der Waals surface area (Å²) in [6.45, 7) is 6.43. The number of aromatic hydroxyl groups is 1. The molecule has 166 valence electrons. The van der Waals surface area contributed by atoms with Crippen molar-refractivity contribution in [1.29, 1.82) is 0 Å². The highest BCUT2D eigenvalue weighted by atomic mass is 32.1. The van der Waals surface area contributed by atoms with Crippen LogP contribution >= 0.6 is 11.3 Å². The van der Waals surface area contributed by atoms with Gasteiger partial charge in [0.2, 0.25) is 5.52 Å². The number of hydrogen-bond acceptors (Lipinski definition) is 4. The highest BCUT2D eigenvalue weighted by molar-refractivity contribution is 7.18. The average molecular weight is 447 g/mol. The topological polar surface area (TPSA) is 30.6 Å². The maximum atomic E-state index is 9.88. The monoisotopic (exact) mass is 446 g/mol. The number of phenols is 1. The number of anilines is 1. The minimum atomic E-state index is -0.0118. The zero-order chi connectivity index (χ0) is 22.9. The summed E-state index contributed by atoms with van der Waals surface area (Å²) in [4.78, 5) is 4.48. The summed E-state index contributed by atoms with van der Waals surface area (Å²) < 4.78 is 3.42. The van der Waals surface area contributed by atoms with Crippen molar-refractivity contribution in [2.45, 2.75) is 25.8 Å². The molecule has 1 N–H and O–H groups in total. The van der Waals surface area contributed by atoms with Crippen LogP contribution in [0.25, 0.3) is 16.3 Å². The number of likely N-dealkylation sites (N-methyl/N-ethyl adjacent to an activating group) is 2. The maximum Gasteiger partial charge on any atom is 0.262 e. The molecule has 2 heterocycles. The molecule has 0 aliphatic carbocycles. The molecule has 0 saturated carbocycles. The Morgan fingerprint density at radius 2 is 1.88 bits per heavy atom. The number of phenolic OH excluding ortho intramolecular Hbond substituents is 1. The Labute approximate surface area is 195 Å². The second kappa shape index (κ2) is 8.93. The van der Waals surface area contributed by atoms with Crippen LogP contribution in [0.5, 0.6) is 5.75 Å². The van der Waals surface area contributed by atoms with E-state index in [4.69, 9.17) is 0 Å². The van der Waals surface area contributed by atoms with Gasteiger partial charge in [-0.15, -0.1) is 0 Å². The molecule has 1 aliphatic heterocycles. The summed E-state index contributed by atoms with van der Waals surface area (Å²) in [5.74, 6) is 0.310. The zero-order valence-electron chi connectivity index (χ0n) is 19.5. The van der Waals surface area contributed by atoms with E-state index in [1.54, 1.807) is 17.4 Å². The molecule has 4 rings (SSSR count). The van der Waals surface area contributed by atoms with Gasteiger partial charge in [-0.25, -0.2) is 0 Å². The molecule has 0 spiro atoms. The number of fused-ring (bicyclic) bond motifs is 2. The number of para-hydroxylation sites is 1.